The molecule has 2 saturated heterocycles. The van der Waals surface area contributed by atoms with Crippen LogP contribution in [0.25, 0.3) is 0 Å². The van der Waals surface area contributed by atoms with Gasteiger partial charge in [0.1, 0.15) is 0 Å². The molecule has 0 radical (unpaired) electrons. The molecule has 2 aromatic rings. The molecule has 2 fully saturated rings. The normalized spacial score (nSPS) is 24.2. The average molecular weight is 460 g/mol. The number of rotatable bonds is 7. The van der Waals surface area contributed by atoms with Crippen LogP contribution in [0.1, 0.15) is 49.7 Å². The van der Waals surface area contributed by atoms with E-state index in [1.165, 1.54) is 36.8 Å². The number of nitrogens with zero attached hydrogens (tertiary/aromatic N) is 1. The van der Waals surface area contributed by atoms with Gasteiger partial charge >= 0.3 is 0 Å². The van der Waals surface area contributed by atoms with Gasteiger partial charge in [0.2, 0.25) is 0 Å². The lowest BCUT2D eigenvalue weighted by atomic mass is 9.71. The zero-order valence-corrected chi connectivity index (χ0v) is 20.1. The summed E-state index contributed by atoms with van der Waals surface area (Å²) in [5.41, 5.74) is 3.04. The van der Waals surface area contributed by atoms with E-state index in [2.05, 4.69) is 65.0 Å². The first-order valence-electron chi connectivity index (χ1n) is 11.7. The number of hydrogen-bond donors (Lipinski definition) is 2. The third kappa shape index (κ3) is 5.12. The monoisotopic (exact) mass is 459 g/mol. The molecule has 1 unspecified atom stereocenters. The van der Waals surface area contributed by atoms with Crippen LogP contribution in [0.2, 0.25) is 10.0 Å². The Morgan fingerprint density at radius 3 is 2.39 bits per heavy atom. The van der Waals surface area contributed by atoms with Gasteiger partial charge in [-0.1, -0.05) is 59.6 Å². The third-order valence-electron chi connectivity index (χ3n) is 7.65. The molecule has 168 valence electrons. The summed E-state index contributed by atoms with van der Waals surface area (Å²) >= 11 is 12.6. The average Bonchev–Trinajstić information content (AvgIpc) is 2.82. The summed E-state index contributed by atoms with van der Waals surface area (Å²) in [5.74, 6) is 0. The van der Waals surface area contributed by atoms with Crippen molar-refractivity contribution in [1.82, 2.24) is 15.5 Å². The summed E-state index contributed by atoms with van der Waals surface area (Å²) in [6.45, 7) is 5.60. The van der Waals surface area contributed by atoms with Crippen molar-refractivity contribution in [1.29, 1.82) is 0 Å². The summed E-state index contributed by atoms with van der Waals surface area (Å²) in [6, 6.07) is 17.2. The quantitative estimate of drug-likeness (QED) is 0.563. The van der Waals surface area contributed by atoms with Crippen molar-refractivity contribution in [2.24, 2.45) is 0 Å². The van der Waals surface area contributed by atoms with E-state index in [9.17, 15) is 0 Å². The molecular formula is C26H35Cl2N3. The van der Waals surface area contributed by atoms with E-state index in [1.54, 1.807) is 0 Å². The summed E-state index contributed by atoms with van der Waals surface area (Å²) in [4.78, 5) is 2.65. The van der Waals surface area contributed by atoms with Gasteiger partial charge in [-0.2, -0.15) is 0 Å². The van der Waals surface area contributed by atoms with Gasteiger partial charge in [0.05, 0.1) is 10.0 Å². The van der Waals surface area contributed by atoms with Crippen molar-refractivity contribution < 1.29 is 0 Å². The highest BCUT2D eigenvalue weighted by Gasteiger charge is 2.36. The minimum absolute atomic E-state index is 0.117. The standard InChI is InChI=1S/C26H35Cl2N3/c1-29-26(21-7-3-2-4-8-21)13-17-31(18-14-26)16-6-12-25(11-5-15-30-20-25)22-9-10-23(27)24(28)19-22/h2-4,7-10,19,29-30H,5-6,11-18,20H2,1H3. The van der Waals surface area contributed by atoms with E-state index in [0.717, 1.165) is 45.6 Å². The molecule has 0 amide bonds. The van der Waals surface area contributed by atoms with Gasteiger partial charge in [0.25, 0.3) is 0 Å². The second kappa shape index (κ2) is 10.2. The van der Waals surface area contributed by atoms with Gasteiger partial charge in [-0.25, -0.2) is 0 Å². The van der Waals surface area contributed by atoms with Crippen LogP contribution in [0, 0.1) is 0 Å². The Bertz CT molecular complexity index is 841. The second-order valence-corrected chi connectivity index (χ2v) is 10.1. The third-order valence-corrected chi connectivity index (χ3v) is 8.39. The molecule has 0 saturated carbocycles. The number of piperidine rings is 2. The van der Waals surface area contributed by atoms with Gasteiger partial charge in [-0.05, 0) is 81.9 Å². The number of halogens is 2. The molecule has 4 rings (SSSR count). The maximum Gasteiger partial charge on any atom is 0.0595 e. The predicted molar refractivity (Wildman–Crippen MR) is 132 cm³/mol. The smallest absolute Gasteiger partial charge is 0.0595 e. The van der Waals surface area contributed by atoms with E-state index in [1.807, 2.05) is 6.07 Å². The fourth-order valence-corrected chi connectivity index (χ4v) is 5.94. The number of hydrogen-bond acceptors (Lipinski definition) is 3. The molecule has 31 heavy (non-hydrogen) atoms. The highest BCUT2D eigenvalue weighted by Crippen LogP contribution is 2.39. The van der Waals surface area contributed by atoms with E-state index in [0.29, 0.717) is 10.0 Å². The minimum Gasteiger partial charge on any atom is -0.316 e. The predicted octanol–water partition coefficient (Wildman–Crippen LogP) is 5.61. The molecular weight excluding hydrogens is 425 g/mol. The van der Waals surface area contributed by atoms with Crippen molar-refractivity contribution in [2.45, 2.75) is 49.5 Å². The molecule has 0 bridgehead atoms. The van der Waals surface area contributed by atoms with Crippen molar-refractivity contribution >= 4 is 23.2 Å². The van der Waals surface area contributed by atoms with E-state index >= 15 is 0 Å². The molecule has 0 aliphatic carbocycles. The highest BCUT2D eigenvalue weighted by molar-refractivity contribution is 6.42. The van der Waals surface area contributed by atoms with E-state index in [4.69, 9.17) is 23.2 Å². The van der Waals surface area contributed by atoms with Crippen LogP contribution >= 0.6 is 23.2 Å². The summed E-state index contributed by atoms with van der Waals surface area (Å²) in [7, 11) is 2.11. The molecule has 2 heterocycles. The maximum absolute atomic E-state index is 6.38. The Hall–Kier alpha value is -1.10. The van der Waals surface area contributed by atoms with Crippen LogP contribution in [0.3, 0.4) is 0 Å². The van der Waals surface area contributed by atoms with Crippen molar-refractivity contribution in [3.05, 3.63) is 69.7 Å². The zero-order chi connectivity index (χ0) is 21.7. The molecule has 2 N–H and O–H groups in total. The molecule has 2 aliphatic rings. The highest BCUT2D eigenvalue weighted by atomic mass is 35.5. The second-order valence-electron chi connectivity index (χ2n) is 9.33. The summed E-state index contributed by atoms with van der Waals surface area (Å²) in [6.07, 6.45) is 7.14. The lowest BCUT2D eigenvalue weighted by molar-refractivity contribution is 0.134. The first-order chi connectivity index (χ1) is 15.1. The topological polar surface area (TPSA) is 27.3 Å². The van der Waals surface area contributed by atoms with E-state index in [-0.39, 0.29) is 11.0 Å². The lowest BCUT2D eigenvalue weighted by Gasteiger charge is -2.43. The SMILES string of the molecule is CNC1(c2ccccc2)CCN(CCCC2(c3ccc(Cl)c(Cl)c3)CCCNC2)CC1. The van der Waals surface area contributed by atoms with Crippen molar-refractivity contribution in [2.75, 3.05) is 39.8 Å². The molecule has 5 heteroatoms. The number of nitrogens with one attached hydrogen (secondary N) is 2. The van der Waals surface area contributed by atoms with Crippen molar-refractivity contribution in [3.8, 4) is 0 Å². The molecule has 1 atom stereocenters. The fraction of sp³-hybridized carbons (Fsp3) is 0.538. The Balaban J connectivity index is 1.36. The van der Waals surface area contributed by atoms with Gasteiger partial charge in [0.15, 0.2) is 0 Å². The Morgan fingerprint density at radius 1 is 0.968 bits per heavy atom. The molecule has 2 aliphatic heterocycles. The molecule has 2 aromatic carbocycles. The van der Waals surface area contributed by atoms with Gasteiger partial charge in [-0.15, -0.1) is 0 Å². The number of benzene rings is 2. The molecule has 0 spiro atoms. The van der Waals surface area contributed by atoms with Crippen LogP contribution in [0.15, 0.2) is 48.5 Å². The van der Waals surface area contributed by atoms with Gasteiger partial charge in [0, 0.05) is 30.6 Å². The summed E-state index contributed by atoms with van der Waals surface area (Å²) in [5, 5.41) is 8.59. The Morgan fingerprint density at radius 2 is 1.74 bits per heavy atom. The van der Waals surface area contributed by atoms with Crippen LogP contribution in [0.5, 0.6) is 0 Å². The van der Waals surface area contributed by atoms with Crippen LogP contribution < -0.4 is 10.6 Å². The first-order valence-corrected chi connectivity index (χ1v) is 12.5. The molecule has 0 aromatic heterocycles. The van der Waals surface area contributed by atoms with Gasteiger partial charge in [-0.3, -0.25) is 0 Å². The van der Waals surface area contributed by atoms with Crippen LogP contribution in [-0.2, 0) is 11.0 Å². The Labute approximate surface area is 197 Å². The van der Waals surface area contributed by atoms with E-state index < -0.39 is 0 Å². The van der Waals surface area contributed by atoms with Gasteiger partial charge < -0.3 is 15.5 Å². The lowest BCUT2D eigenvalue weighted by Crippen LogP contribution is -2.50. The van der Waals surface area contributed by atoms with Crippen LogP contribution in [-0.4, -0.2) is 44.7 Å². The molecule has 3 nitrogen and oxygen atoms in total. The maximum atomic E-state index is 6.38. The van der Waals surface area contributed by atoms with Crippen molar-refractivity contribution in [3.63, 3.8) is 0 Å². The number of likely N-dealkylation sites (tertiary alicyclic amines) is 1. The zero-order valence-electron chi connectivity index (χ0n) is 18.6. The minimum atomic E-state index is 0.117. The van der Waals surface area contributed by atoms with Crippen LogP contribution in [0.4, 0.5) is 0 Å². The first kappa shape index (κ1) is 23.1. The largest absolute Gasteiger partial charge is 0.316 e. The fourth-order valence-electron chi connectivity index (χ4n) is 5.64. The summed E-state index contributed by atoms with van der Waals surface area (Å²) < 4.78 is 0. The Kier molecular flexibility index (Phi) is 7.61.